The number of nitriles is 1. The lowest BCUT2D eigenvalue weighted by molar-refractivity contribution is 0.483. The Morgan fingerprint density at radius 2 is 2.08 bits per heavy atom. The van der Waals surface area contributed by atoms with E-state index in [2.05, 4.69) is 38.8 Å². The first-order valence-electron chi connectivity index (χ1n) is 12.0. The molecule has 0 amide bonds. The average Bonchev–Trinajstić information content (AvgIpc) is 3.39. The standard InChI is InChI=1S/C27H26N6O3S/c1-17(2)37(35)24-9-12-36-23(24)16-33-25-21(13-20(14-28)26(33)34)15-30-27(32-25)31-22-5-3-18(4-6-22)19-7-10-29-11-8-19/h3-7,9,12-13,15,17,29H,8,10-11,16H2,1-2H3,(H,30,31,32). The Kier molecular flexibility index (Phi) is 6.99. The van der Waals surface area contributed by atoms with Gasteiger partial charge in [0.25, 0.3) is 5.56 Å². The molecule has 2 N–H and O–H groups in total. The number of rotatable bonds is 7. The molecule has 188 valence electrons. The fourth-order valence-corrected chi connectivity index (χ4v) is 5.28. The van der Waals surface area contributed by atoms with E-state index in [4.69, 9.17) is 4.42 Å². The molecule has 1 aliphatic heterocycles. The summed E-state index contributed by atoms with van der Waals surface area (Å²) in [6.45, 7) is 5.54. The quantitative estimate of drug-likeness (QED) is 0.380. The van der Waals surface area contributed by atoms with E-state index in [1.54, 1.807) is 12.3 Å². The third-order valence-electron chi connectivity index (χ3n) is 6.17. The summed E-state index contributed by atoms with van der Waals surface area (Å²) in [6, 6.07) is 13.1. The maximum absolute atomic E-state index is 13.1. The van der Waals surface area contributed by atoms with Crippen LogP contribution in [0, 0.1) is 11.3 Å². The Morgan fingerprint density at radius 1 is 1.27 bits per heavy atom. The van der Waals surface area contributed by atoms with Crippen LogP contribution in [0.15, 0.2) is 69.0 Å². The van der Waals surface area contributed by atoms with Crippen molar-refractivity contribution >= 4 is 39.0 Å². The second kappa shape index (κ2) is 10.5. The van der Waals surface area contributed by atoms with Gasteiger partial charge in [0.15, 0.2) is 0 Å². The normalized spacial score (nSPS) is 14.4. The van der Waals surface area contributed by atoms with Crippen molar-refractivity contribution in [3.8, 4) is 6.07 Å². The van der Waals surface area contributed by atoms with E-state index in [-0.39, 0.29) is 17.4 Å². The van der Waals surface area contributed by atoms with Crippen molar-refractivity contribution in [3.05, 3.63) is 82.2 Å². The second-order valence-electron chi connectivity index (χ2n) is 8.97. The van der Waals surface area contributed by atoms with Gasteiger partial charge in [0.05, 0.1) is 28.5 Å². The number of benzene rings is 1. The van der Waals surface area contributed by atoms with Crippen LogP contribution in [0.1, 0.15) is 37.2 Å². The van der Waals surface area contributed by atoms with E-state index in [9.17, 15) is 14.3 Å². The van der Waals surface area contributed by atoms with Crippen LogP contribution in [-0.2, 0) is 17.3 Å². The largest absolute Gasteiger partial charge is 0.466 e. The van der Waals surface area contributed by atoms with Gasteiger partial charge in [-0.3, -0.25) is 13.6 Å². The average molecular weight is 515 g/mol. The number of furan rings is 1. The predicted octanol–water partition coefficient (Wildman–Crippen LogP) is 3.94. The number of nitrogens with one attached hydrogen (secondary N) is 2. The van der Waals surface area contributed by atoms with Crippen LogP contribution < -0.4 is 16.2 Å². The minimum atomic E-state index is -1.30. The molecule has 1 aliphatic rings. The molecular formula is C27H26N6O3S. The van der Waals surface area contributed by atoms with E-state index in [0.29, 0.717) is 27.6 Å². The molecule has 10 heteroatoms. The van der Waals surface area contributed by atoms with Gasteiger partial charge in [-0.1, -0.05) is 32.1 Å². The minimum absolute atomic E-state index is 0.0131. The lowest BCUT2D eigenvalue weighted by Crippen LogP contribution is -2.25. The molecular weight excluding hydrogens is 488 g/mol. The summed E-state index contributed by atoms with van der Waals surface area (Å²) in [5.74, 6) is 0.700. The van der Waals surface area contributed by atoms with Crippen molar-refractivity contribution < 1.29 is 8.63 Å². The molecule has 0 fully saturated rings. The summed E-state index contributed by atoms with van der Waals surface area (Å²) in [7, 11) is -1.30. The number of nitrogens with zero attached hydrogens (tertiary/aromatic N) is 4. The zero-order valence-electron chi connectivity index (χ0n) is 20.5. The molecule has 0 radical (unpaired) electrons. The summed E-state index contributed by atoms with van der Waals surface area (Å²) in [6.07, 6.45) is 6.22. The monoisotopic (exact) mass is 514 g/mol. The first kappa shape index (κ1) is 24.6. The number of hydrogen-bond acceptors (Lipinski definition) is 8. The molecule has 0 saturated heterocycles. The van der Waals surface area contributed by atoms with Crippen molar-refractivity contribution in [2.75, 3.05) is 18.4 Å². The zero-order chi connectivity index (χ0) is 25.9. The zero-order valence-corrected chi connectivity index (χ0v) is 21.3. The summed E-state index contributed by atoms with van der Waals surface area (Å²) in [4.78, 5) is 22.7. The third kappa shape index (κ3) is 5.09. The van der Waals surface area contributed by atoms with Crippen LogP contribution in [0.4, 0.5) is 11.6 Å². The Hall–Kier alpha value is -4.07. The van der Waals surface area contributed by atoms with Gasteiger partial charge in [0, 0.05) is 29.1 Å². The highest BCUT2D eigenvalue weighted by molar-refractivity contribution is 7.85. The smallest absolute Gasteiger partial charge is 0.270 e. The topological polar surface area (TPSA) is 126 Å². The van der Waals surface area contributed by atoms with Crippen molar-refractivity contribution in [2.45, 2.75) is 37.0 Å². The van der Waals surface area contributed by atoms with E-state index in [1.807, 2.05) is 32.0 Å². The predicted molar refractivity (Wildman–Crippen MR) is 143 cm³/mol. The number of pyridine rings is 1. The highest BCUT2D eigenvalue weighted by atomic mass is 32.2. The van der Waals surface area contributed by atoms with Crippen molar-refractivity contribution in [1.82, 2.24) is 19.9 Å². The molecule has 0 bridgehead atoms. The SMILES string of the molecule is CC(C)S(=O)c1ccoc1Cn1c(=O)c(C#N)cc2cnc(Nc3ccc(C4=CCNCC4)cc3)nc21. The van der Waals surface area contributed by atoms with Crippen LogP contribution in [0.5, 0.6) is 0 Å². The summed E-state index contributed by atoms with van der Waals surface area (Å²) in [5, 5.41) is 16.4. The maximum Gasteiger partial charge on any atom is 0.270 e. The molecule has 37 heavy (non-hydrogen) atoms. The highest BCUT2D eigenvalue weighted by Gasteiger charge is 2.20. The van der Waals surface area contributed by atoms with Crippen molar-refractivity contribution in [1.29, 1.82) is 5.26 Å². The van der Waals surface area contributed by atoms with Gasteiger partial charge in [-0.25, -0.2) is 4.98 Å². The van der Waals surface area contributed by atoms with Gasteiger partial charge in [-0.15, -0.1) is 0 Å². The van der Waals surface area contributed by atoms with E-state index in [1.165, 1.54) is 28.0 Å². The van der Waals surface area contributed by atoms with E-state index >= 15 is 0 Å². The number of aromatic nitrogens is 3. The van der Waals surface area contributed by atoms with E-state index < -0.39 is 16.4 Å². The fraction of sp³-hybridized carbons (Fsp3) is 0.259. The maximum atomic E-state index is 13.1. The molecule has 3 aromatic heterocycles. The van der Waals surface area contributed by atoms with Gasteiger partial charge in [-0.05, 0) is 48.4 Å². The second-order valence-corrected chi connectivity index (χ2v) is 11.0. The van der Waals surface area contributed by atoms with Crippen LogP contribution in [0.3, 0.4) is 0 Å². The molecule has 4 aromatic rings. The number of hydrogen-bond donors (Lipinski definition) is 2. The molecule has 0 saturated carbocycles. The first-order valence-corrected chi connectivity index (χ1v) is 13.2. The molecule has 1 atom stereocenters. The van der Waals surface area contributed by atoms with Crippen LogP contribution in [0.2, 0.25) is 0 Å². The highest BCUT2D eigenvalue weighted by Crippen LogP contribution is 2.24. The Balaban J connectivity index is 1.50. The van der Waals surface area contributed by atoms with Gasteiger partial charge in [0.1, 0.15) is 23.0 Å². The van der Waals surface area contributed by atoms with Crippen LogP contribution >= 0.6 is 0 Å². The molecule has 9 nitrogen and oxygen atoms in total. The van der Waals surface area contributed by atoms with Gasteiger partial charge >= 0.3 is 0 Å². The van der Waals surface area contributed by atoms with Gasteiger partial charge in [-0.2, -0.15) is 10.2 Å². The molecule has 4 heterocycles. The molecule has 1 aromatic carbocycles. The van der Waals surface area contributed by atoms with Crippen molar-refractivity contribution in [3.63, 3.8) is 0 Å². The molecule has 1 unspecified atom stereocenters. The van der Waals surface area contributed by atoms with Crippen LogP contribution in [-0.4, -0.2) is 37.1 Å². The molecule has 0 spiro atoms. The summed E-state index contributed by atoms with van der Waals surface area (Å²) in [5.41, 5.74) is 3.11. The van der Waals surface area contributed by atoms with Gasteiger partial charge < -0.3 is 15.1 Å². The molecule has 5 rings (SSSR count). The van der Waals surface area contributed by atoms with Gasteiger partial charge in [0.2, 0.25) is 5.95 Å². The lowest BCUT2D eigenvalue weighted by Gasteiger charge is -2.15. The Morgan fingerprint density at radius 3 is 2.78 bits per heavy atom. The summed E-state index contributed by atoms with van der Waals surface area (Å²) >= 11 is 0. The minimum Gasteiger partial charge on any atom is -0.466 e. The Labute approximate surface area is 216 Å². The fourth-order valence-electron chi connectivity index (χ4n) is 4.25. The number of anilines is 2. The molecule has 0 aliphatic carbocycles. The number of fused-ring (bicyclic) bond motifs is 1. The van der Waals surface area contributed by atoms with E-state index in [0.717, 1.165) is 25.2 Å². The van der Waals surface area contributed by atoms with Crippen LogP contribution in [0.25, 0.3) is 16.6 Å². The lowest BCUT2D eigenvalue weighted by atomic mass is 10.0. The first-order chi connectivity index (χ1) is 17.9. The van der Waals surface area contributed by atoms with Crippen molar-refractivity contribution in [2.24, 2.45) is 0 Å². The third-order valence-corrected chi connectivity index (χ3v) is 7.83. The summed E-state index contributed by atoms with van der Waals surface area (Å²) < 4.78 is 19.7. The Bertz CT molecular complexity index is 1610.